The van der Waals surface area contributed by atoms with Gasteiger partial charge in [0.05, 0.1) is 33.8 Å². The molecule has 0 bridgehead atoms. The van der Waals surface area contributed by atoms with Gasteiger partial charge in [-0.25, -0.2) is 24.0 Å². The Morgan fingerprint density at radius 3 is 2.33 bits per heavy atom. The molecule has 9 nitrogen and oxygen atoms in total. The van der Waals surface area contributed by atoms with E-state index in [1.807, 2.05) is 0 Å². The Bertz CT molecular complexity index is 1040. The number of rotatable bonds is 2. The average Bonchev–Trinajstić information content (AvgIpc) is 3.10. The highest BCUT2D eigenvalue weighted by atomic mass is 16.6. The van der Waals surface area contributed by atoms with E-state index in [9.17, 15) is 28.8 Å². The van der Waals surface area contributed by atoms with Crippen molar-refractivity contribution in [3.05, 3.63) is 58.2 Å². The number of ether oxygens (including phenoxy) is 3. The van der Waals surface area contributed by atoms with Gasteiger partial charge in [-0.1, -0.05) is 12.2 Å². The molecule has 2 heterocycles. The molecule has 0 amide bonds. The monoisotopic (exact) mass is 368 g/mol. The molecule has 0 radical (unpaired) electrons. The number of carbonyl (C=O) groups excluding carboxylic acids is 6. The molecule has 0 saturated carbocycles. The van der Waals surface area contributed by atoms with Crippen molar-refractivity contribution in [2.45, 2.75) is 6.42 Å². The van der Waals surface area contributed by atoms with E-state index >= 15 is 0 Å². The first-order chi connectivity index (χ1) is 12.8. The largest absolute Gasteiger partial charge is 0.389 e. The average molecular weight is 368 g/mol. The molecule has 1 fully saturated rings. The smallest absolute Gasteiger partial charge is 0.346 e. The zero-order chi connectivity index (χ0) is 19.3. The van der Waals surface area contributed by atoms with E-state index in [1.54, 1.807) is 0 Å². The molecule has 0 aromatic heterocycles. The molecular weight excluding hydrogens is 360 g/mol. The van der Waals surface area contributed by atoms with Crippen molar-refractivity contribution < 1.29 is 43.0 Å². The number of esters is 6. The number of cyclic esters (lactones) is 4. The van der Waals surface area contributed by atoms with Gasteiger partial charge >= 0.3 is 35.8 Å². The van der Waals surface area contributed by atoms with Crippen LogP contribution in [0.1, 0.15) is 37.5 Å². The van der Waals surface area contributed by atoms with E-state index in [0.717, 1.165) is 6.07 Å². The summed E-state index contributed by atoms with van der Waals surface area (Å²) in [6, 6.07) is 3.54. The molecule has 1 unspecified atom stereocenters. The van der Waals surface area contributed by atoms with Crippen LogP contribution in [0.2, 0.25) is 0 Å². The number of fused-ring (bicyclic) bond motifs is 2. The van der Waals surface area contributed by atoms with Crippen LogP contribution in [0.15, 0.2) is 41.5 Å². The molecule has 3 aliphatic rings. The van der Waals surface area contributed by atoms with Gasteiger partial charge in [-0.2, -0.15) is 0 Å². The standard InChI is InChI=1S/C18H8O9/c19-13(7-1-3-9-11(5-7)17(23)26-15(9)21)25-14(20)8-2-4-10-12(6-8)18(24)27-16(10)22/h1,3-6,8H,2H2. The van der Waals surface area contributed by atoms with Gasteiger partial charge in [-0.05, 0) is 24.6 Å². The highest BCUT2D eigenvalue weighted by Gasteiger charge is 2.38. The van der Waals surface area contributed by atoms with Crippen molar-refractivity contribution in [2.24, 2.45) is 5.92 Å². The SMILES string of the molecule is O=C1OC(=O)C2=CC(C(=O)OC(=O)c3ccc4c(c3)C(=O)OC4=O)CC=C12. The number of hydrogen-bond acceptors (Lipinski definition) is 9. The minimum absolute atomic E-state index is 0.0157. The molecule has 1 saturated heterocycles. The van der Waals surface area contributed by atoms with Crippen molar-refractivity contribution in [1.29, 1.82) is 0 Å². The molecule has 1 aromatic rings. The van der Waals surface area contributed by atoms with E-state index < -0.39 is 41.7 Å². The minimum atomic E-state index is -1.03. The lowest BCUT2D eigenvalue weighted by atomic mass is 9.92. The van der Waals surface area contributed by atoms with Gasteiger partial charge in [-0.3, -0.25) is 4.79 Å². The Morgan fingerprint density at radius 1 is 0.889 bits per heavy atom. The highest BCUT2D eigenvalue weighted by molar-refractivity contribution is 6.19. The van der Waals surface area contributed by atoms with Gasteiger partial charge < -0.3 is 14.2 Å². The fourth-order valence-corrected chi connectivity index (χ4v) is 2.88. The molecule has 9 heteroatoms. The highest BCUT2D eigenvalue weighted by Crippen LogP contribution is 2.30. The third-order valence-corrected chi connectivity index (χ3v) is 4.24. The predicted molar refractivity (Wildman–Crippen MR) is 82.0 cm³/mol. The molecular formula is C18H8O9. The number of benzene rings is 1. The fourth-order valence-electron chi connectivity index (χ4n) is 2.88. The number of hydrogen-bond donors (Lipinski definition) is 0. The first-order valence-corrected chi connectivity index (χ1v) is 7.70. The summed E-state index contributed by atoms with van der Waals surface area (Å²) < 4.78 is 13.6. The van der Waals surface area contributed by atoms with Gasteiger partial charge in [0.2, 0.25) is 0 Å². The Morgan fingerprint density at radius 2 is 1.56 bits per heavy atom. The van der Waals surface area contributed by atoms with E-state index in [2.05, 4.69) is 9.47 Å². The fraction of sp³-hybridized carbons (Fsp3) is 0.111. The summed E-state index contributed by atoms with van der Waals surface area (Å²) in [5.41, 5.74) is -0.163. The van der Waals surface area contributed by atoms with Crippen LogP contribution in [0, 0.1) is 5.92 Å². The molecule has 4 rings (SSSR count). The van der Waals surface area contributed by atoms with Crippen LogP contribution in [-0.4, -0.2) is 35.8 Å². The third kappa shape index (κ3) is 2.65. The lowest BCUT2D eigenvalue weighted by Crippen LogP contribution is -2.22. The van der Waals surface area contributed by atoms with Crippen molar-refractivity contribution in [3.63, 3.8) is 0 Å². The van der Waals surface area contributed by atoms with E-state index in [4.69, 9.17) is 4.74 Å². The van der Waals surface area contributed by atoms with Gasteiger partial charge in [0.15, 0.2) is 0 Å². The molecule has 27 heavy (non-hydrogen) atoms. The first-order valence-electron chi connectivity index (χ1n) is 7.70. The maximum Gasteiger partial charge on any atom is 0.346 e. The molecule has 1 atom stereocenters. The molecule has 134 valence electrons. The normalized spacial score (nSPS) is 20.2. The van der Waals surface area contributed by atoms with E-state index in [1.165, 1.54) is 24.3 Å². The molecule has 2 aliphatic heterocycles. The second-order valence-corrected chi connectivity index (χ2v) is 5.86. The Balaban J connectivity index is 1.50. The zero-order valence-corrected chi connectivity index (χ0v) is 13.3. The van der Waals surface area contributed by atoms with Crippen LogP contribution in [0.4, 0.5) is 0 Å². The van der Waals surface area contributed by atoms with Crippen molar-refractivity contribution in [3.8, 4) is 0 Å². The molecule has 0 N–H and O–H groups in total. The summed E-state index contributed by atoms with van der Waals surface area (Å²) in [6.45, 7) is 0. The topological polar surface area (TPSA) is 130 Å². The molecule has 0 spiro atoms. The van der Waals surface area contributed by atoms with E-state index in [0.29, 0.717) is 0 Å². The number of allylic oxidation sites excluding steroid dienone is 1. The van der Waals surface area contributed by atoms with Crippen LogP contribution >= 0.6 is 0 Å². The summed E-state index contributed by atoms with van der Waals surface area (Å²) in [5.74, 6) is -6.28. The lowest BCUT2D eigenvalue weighted by molar-refractivity contribution is -0.150. The Labute approximate surface area is 150 Å². The summed E-state index contributed by atoms with van der Waals surface area (Å²) in [4.78, 5) is 70.3. The van der Waals surface area contributed by atoms with Crippen LogP contribution in [0.3, 0.4) is 0 Å². The van der Waals surface area contributed by atoms with Crippen molar-refractivity contribution >= 4 is 35.8 Å². The molecule has 1 aliphatic carbocycles. The second-order valence-electron chi connectivity index (χ2n) is 5.86. The lowest BCUT2D eigenvalue weighted by Gasteiger charge is -2.13. The Kier molecular flexibility index (Phi) is 3.58. The predicted octanol–water partition coefficient (Wildman–Crippen LogP) is 0.637. The molecule has 1 aromatic carbocycles. The summed E-state index contributed by atoms with van der Waals surface area (Å²) in [6.07, 6.45) is 2.64. The van der Waals surface area contributed by atoms with Crippen LogP contribution < -0.4 is 0 Å². The minimum Gasteiger partial charge on any atom is -0.389 e. The van der Waals surface area contributed by atoms with Gasteiger partial charge in [-0.15, -0.1) is 0 Å². The number of carbonyl (C=O) groups is 6. The maximum absolute atomic E-state index is 12.2. The first kappa shape index (κ1) is 16.6. The van der Waals surface area contributed by atoms with Crippen LogP contribution in [-0.2, 0) is 28.6 Å². The third-order valence-electron chi connectivity index (χ3n) is 4.24. The van der Waals surface area contributed by atoms with Gasteiger partial charge in [0, 0.05) is 0 Å². The zero-order valence-electron chi connectivity index (χ0n) is 13.3. The van der Waals surface area contributed by atoms with E-state index in [-0.39, 0.29) is 34.3 Å². The summed E-state index contributed by atoms with van der Waals surface area (Å²) >= 11 is 0. The van der Waals surface area contributed by atoms with Crippen LogP contribution in [0.5, 0.6) is 0 Å². The maximum atomic E-state index is 12.2. The van der Waals surface area contributed by atoms with Gasteiger partial charge in [0.1, 0.15) is 0 Å². The second kappa shape index (κ2) is 5.84. The van der Waals surface area contributed by atoms with Crippen molar-refractivity contribution in [2.75, 3.05) is 0 Å². The Hall–Kier alpha value is -3.88. The van der Waals surface area contributed by atoms with Gasteiger partial charge in [0.25, 0.3) is 0 Å². The summed E-state index contributed by atoms with van der Waals surface area (Å²) in [5, 5.41) is 0. The van der Waals surface area contributed by atoms with Crippen molar-refractivity contribution in [1.82, 2.24) is 0 Å². The quantitative estimate of drug-likeness (QED) is 0.419. The summed E-state index contributed by atoms with van der Waals surface area (Å²) in [7, 11) is 0. The van der Waals surface area contributed by atoms with Crippen LogP contribution in [0.25, 0.3) is 0 Å².